The zero-order valence-electron chi connectivity index (χ0n) is 14.1. The molecule has 0 amide bonds. The van der Waals surface area contributed by atoms with Crippen LogP contribution in [0.4, 0.5) is 0 Å². The van der Waals surface area contributed by atoms with Crippen molar-refractivity contribution < 1.29 is 4.74 Å². The molecule has 3 heteroatoms. The molecule has 1 aliphatic carbocycles. The number of hydrogen-bond donors (Lipinski definition) is 1. The van der Waals surface area contributed by atoms with Crippen LogP contribution in [0.25, 0.3) is 0 Å². The minimum atomic E-state index is 0.202. The molecule has 2 N–H and O–H groups in total. The predicted molar refractivity (Wildman–Crippen MR) is 87.4 cm³/mol. The van der Waals surface area contributed by atoms with E-state index < -0.39 is 0 Å². The Morgan fingerprint density at radius 1 is 0.952 bits per heavy atom. The molecule has 2 atom stereocenters. The molecule has 3 nitrogen and oxygen atoms in total. The Labute approximate surface area is 130 Å². The van der Waals surface area contributed by atoms with Crippen molar-refractivity contribution in [2.45, 2.75) is 89.4 Å². The number of nitrogens with two attached hydrogens (primary N) is 1. The lowest BCUT2D eigenvalue weighted by atomic mass is 9.67. The molecule has 0 bridgehead atoms. The molecule has 2 saturated heterocycles. The Morgan fingerprint density at radius 3 is 2.05 bits per heavy atom. The van der Waals surface area contributed by atoms with E-state index in [1.54, 1.807) is 0 Å². The van der Waals surface area contributed by atoms with Gasteiger partial charge in [0, 0.05) is 12.1 Å². The van der Waals surface area contributed by atoms with E-state index in [4.69, 9.17) is 10.5 Å². The van der Waals surface area contributed by atoms with Gasteiger partial charge in [-0.05, 0) is 70.9 Å². The molecular formula is C18H34N2O. The van der Waals surface area contributed by atoms with Crippen LogP contribution in [0.2, 0.25) is 0 Å². The van der Waals surface area contributed by atoms with Crippen LogP contribution in [-0.2, 0) is 4.74 Å². The first kappa shape index (κ1) is 15.8. The van der Waals surface area contributed by atoms with Gasteiger partial charge in [-0.1, -0.05) is 19.3 Å². The maximum Gasteiger partial charge on any atom is 0.0568 e. The van der Waals surface area contributed by atoms with E-state index >= 15 is 0 Å². The van der Waals surface area contributed by atoms with Crippen molar-refractivity contribution in [3.8, 4) is 0 Å². The summed E-state index contributed by atoms with van der Waals surface area (Å²) in [6.07, 6.45) is 13.1. The lowest BCUT2D eigenvalue weighted by Gasteiger charge is -2.54. The van der Waals surface area contributed by atoms with Gasteiger partial charge in [0.05, 0.1) is 12.2 Å². The van der Waals surface area contributed by atoms with Crippen LogP contribution in [0.1, 0.15) is 71.6 Å². The van der Waals surface area contributed by atoms with Crippen molar-refractivity contribution in [1.82, 2.24) is 4.90 Å². The van der Waals surface area contributed by atoms with E-state index in [9.17, 15) is 0 Å². The minimum Gasteiger partial charge on any atom is -0.375 e. The fourth-order valence-electron chi connectivity index (χ4n) is 5.46. The van der Waals surface area contributed by atoms with Crippen LogP contribution in [0.15, 0.2) is 0 Å². The maximum atomic E-state index is 6.27. The van der Waals surface area contributed by atoms with E-state index in [2.05, 4.69) is 18.7 Å². The second-order valence-electron chi connectivity index (χ2n) is 8.14. The smallest absolute Gasteiger partial charge is 0.0568 e. The molecule has 1 spiro atoms. The lowest BCUT2D eigenvalue weighted by Crippen LogP contribution is -2.62. The standard InChI is InChI=1S/C18H34N2O/c1-15-12-18(14-19,13-16(2)21-15)20-10-8-17(9-11-20)6-4-3-5-7-17/h15-16H,3-14,19H2,1-2H3. The summed E-state index contributed by atoms with van der Waals surface area (Å²) in [6, 6.07) is 0. The molecule has 0 aromatic carbocycles. The third kappa shape index (κ3) is 3.16. The highest BCUT2D eigenvalue weighted by Gasteiger charge is 2.45. The van der Waals surface area contributed by atoms with Crippen LogP contribution in [0.5, 0.6) is 0 Å². The van der Waals surface area contributed by atoms with Crippen LogP contribution >= 0.6 is 0 Å². The van der Waals surface area contributed by atoms with E-state index in [0.29, 0.717) is 17.6 Å². The molecule has 0 radical (unpaired) electrons. The van der Waals surface area contributed by atoms with Crippen LogP contribution in [0.3, 0.4) is 0 Å². The van der Waals surface area contributed by atoms with Crippen LogP contribution in [0, 0.1) is 5.41 Å². The Morgan fingerprint density at radius 2 is 1.52 bits per heavy atom. The summed E-state index contributed by atoms with van der Waals surface area (Å²) in [7, 11) is 0. The van der Waals surface area contributed by atoms with Crippen molar-refractivity contribution in [3.63, 3.8) is 0 Å². The molecule has 21 heavy (non-hydrogen) atoms. The molecule has 0 aromatic rings. The normalized spacial score (nSPS) is 41.3. The monoisotopic (exact) mass is 294 g/mol. The Balaban J connectivity index is 1.66. The Kier molecular flexibility index (Phi) is 4.63. The van der Waals surface area contributed by atoms with E-state index in [0.717, 1.165) is 19.4 Å². The van der Waals surface area contributed by atoms with Gasteiger partial charge in [0.15, 0.2) is 0 Å². The highest BCUT2D eigenvalue weighted by atomic mass is 16.5. The highest BCUT2D eigenvalue weighted by molar-refractivity contribution is 5.01. The second-order valence-corrected chi connectivity index (χ2v) is 8.14. The highest BCUT2D eigenvalue weighted by Crippen LogP contribution is 2.46. The molecule has 3 fully saturated rings. The van der Waals surface area contributed by atoms with Gasteiger partial charge in [-0.25, -0.2) is 0 Å². The van der Waals surface area contributed by atoms with Crippen LogP contribution < -0.4 is 5.73 Å². The summed E-state index contributed by atoms with van der Waals surface area (Å²) in [4.78, 5) is 2.74. The maximum absolute atomic E-state index is 6.27. The summed E-state index contributed by atoms with van der Waals surface area (Å²) in [5.41, 5.74) is 7.16. The second kappa shape index (κ2) is 6.17. The van der Waals surface area contributed by atoms with Crippen LogP contribution in [-0.4, -0.2) is 42.3 Å². The number of hydrogen-bond acceptors (Lipinski definition) is 3. The third-order valence-corrected chi connectivity index (χ3v) is 6.59. The average molecular weight is 294 g/mol. The predicted octanol–water partition coefficient (Wildman–Crippen LogP) is 3.32. The van der Waals surface area contributed by atoms with Gasteiger partial charge in [0.1, 0.15) is 0 Å². The fraction of sp³-hybridized carbons (Fsp3) is 1.00. The quantitative estimate of drug-likeness (QED) is 0.849. The molecule has 2 unspecified atom stereocenters. The first-order chi connectivity index (χ1) is 10.1. The van der Waals surface area contributed by atoms with Gasteiger partial charge < -0.3 is 10.5 Å². The lowest BCUT2D eigenvalue weighted by molar-refractivity contribution is -0.115. The molecule has 3 aliphatic rings. The van der Waals surface area contributed by atoms with Gasteiger partial charge >= 0.3 is 0 Å². The number of nitrogens with zero attached hydrogens (tertiary/aromatic N) is 1. The van der Waals surface area contributed by atoms with Crippen molar-refractivity contribution in [2.24, 2.45) is 11.1 Å². The van der Waals surface area contributed by atoms with Crippen molar-refractivity contribution in [1.29, 1.82) is 0 Å². The number of piperidine rings is 1. The molecule has 2 heterocycles. The van der Waals surface area contributed by atoms with Crippen molar-refractivity contribution in [3.05, 3.63) is 0 Å². The molecule has 2 aliphatic heterocycles. The Hall–Kier alpha value is -0.120. The third-order valence-electron chi connectivity index (χ3n) is 6.59. The molecular weight excluding hydrogens is 260 g/mol. The van der Waals surface area contributed by atoms with Gasteiger partial charge in [0.25, 0.3) is 0 Å². The van der Waals surface area contributed by atoms with E-state index in [1.165, 1.54) is 58.0 Å². The van der Waals surface area contributed by atoms with Crippen molar-refractivity contribution >= 4 is 0 Å². The van der Waals surface area contributed by atoms with Gasteiger partial charge in [0.2, 0.25) is 0 Å². The molecule has 1 saturated carbocycles. The molecule has 0 aromatic heterocycles. The zero-order chi connectivity index (χ0) is 14.9. The summed E-state index contributed by atoms with van der Waals surface area (Å²) < 4.78 is 5.96. The minimum absolute atomic E-state index is 0.202. The van der Waals surface area contributed by atoms with Gasteiger partial charge in [-0.2, -0.15) is 0 Å². The summed E-state index contributed by atoms with van der Waals surface area (Å²) in [5, 5.41) is 0. The SMILES string of the molecule is CC1CC(CN)(N2CCC3(CCCCC3)CC2)CC(C)O1. The molecule has 3 rings (SSSR count). The summed E-state index contributed by atoms with van der Waals surface area (Å²) in [5.74, 6) is 0. The summed E-state index contributed by atoms with van der Waals surface area (Å²) >= 11 is 0. The van der Waals surface area contributed by atoms with Gasteiger partial charge in [-0.15, -0.1) is 0 Å². The first-order valence-electron chi connectivity index (χ1n) is 9.18. The van der Waals surface area contributed by atoms with Crippen molar-refractivity contribution in [2.75, 3.05) is 19.6 Å². The number of rotatable bonds is 2. The average Bonchev–Trinajstić information content (AvgIpc) is 2.47. The van der Waals surface area contributed by atoms with E-state index in [1.807, 2.05) is 0 Å². The summed E-state index contributed by atoms with van der Waals surface area (Å²) in [6.45, 7) is 7.74. The Bertz CT molecular complexity index is 331. The van der Waals surface area contributed by atoms with E-state index in [-0.39, 0.29) is 5.54 Å². The van der Waals surface area contributed by atoms with Gasteiger partial charge in [-0.3, -0.25) is 4.90 Å². The number of ether oxygens (including phenoxy) is 1. The molecule has 122 valence electrons. The zero-order valence-corrected chi connectivity index (χ0v) is 14.1. The fourth-order valence-corrected chi connectivity index (χ4v) is 5.46. The number of likely N-dealkylation sites (tertiary alicyclic amines) is 1. The first-order valence-corrected chi connectivity index (χ1v) is 9.18. The largest absolute Gasteiger partial charge is 0.375 e. The topological polar surface area (TPSA) is 38.5 Å².